The molecule has 0 aromatic heterocycles. The standard InChI is InChI=1S/C13H17F3O4/c1-3-12(6-4-5-7-12)20-10(17)8-19-11(18)9(2)13(14,15)16/h2-8H2,1H3. The van der Waals surface area contributed by atoms with Gasteiger partial charge in [-0.3, -0.25) is 0 Å². The second kappa shape index (κ2) is 6.28. The maximum absolute atomic E-state index is 12.2. The fraction of sp³-hybridized carbons (Fsp3) is 0.692. The number of carbonyl (C=O) groups is 2. The van der Waals surface area contributed by atoms with Crippen molar-refractivity contribution in [1.82, 2.24) is 0 Å². The van der Waals surface area contributed by atoms with Crippen LogP contribution in [0.1, 0.15) is 39.0 Å². The highest BCUT2D eigenvalue weighted by Gasteiger charge is 2.39. The fourth-order valence-electron chi connectivity index (χ4n) is 2.15. The Balaban J connectivity index is 2.44. The largest absolute Gasteiger partial charge is 0.457 e. The molecule has 0 aromatic rings. The van der Waals surface area contributed by atoms with E-state index < -0.39 is 35.9 Å². The molecular formula is C13H17F3O4. The molecule has 1 aliphatic carbocycles. The number of hydrogen-bond acceptors (Lipinski definition) is 4. The van der Waals surface area contributed by atoms with E-state index in [9.17, 15) is 22.8 Å². The van der Waals surface area contributed by atoms with E-state index in [1.807, 2.05) is 6.92 Å². The molecule has 20 heavy (non-hydrogen) atoms. The van der Waals surface area contributed by atoms with Crippen LogP contribution in [-0.4, -0.2) is 30.3 Å². The third-order valence-corrected chi connectivity index (χ3v) is 3.40. The SMILES string of the molecule is C=C(C(=O)OCC(=O)OC1(CC)CCCC1)C(F)(F)F. The molecule has 1 rings (SSSR count). The van der Waals surface area contributed by atoms with Crippen molar-refractivity contribution < 1.29 is 32.2 Å². The van der Waals surface area contributed by atoms with Crippen LogP contribution in [0, 0.1) is 0 Å². The number of hydrogen-bond donors (Lipinski definition) is 0. The maximum Gasteiger partial charge on any atom is 0.422 e. The lowest BCUT2D eigenvalue weighted by molar-refractivity contribution is -0.171. The summed E-state index contributed by atoms with van der Waals surface area (Å²) in [5.41, 5.74) is -2.21. The van der Waals surface area contributed by atoms with Crippen molar-refractivity contribution in [3.05, 3.63) is 12.2 Å². The molecule has 1 fully saturated rings. The minimum Gasteiger partial charge on any atom is -0.457 e. The topological polar surface area (TPSA) is 52.6 Å². The van der Waals surface area contributed by atoms with Crippen LogP contribution in [0.4, 0.5) is 13.2 Å². The number of rotatable bonds is 5. The van der Waals surface area contributed by atoms with Crippen LogP contribution in [0.2, 0.25) is 0 Å². The molecule has 1 aliphatic rings. The second-order valence-electron chi connectivity index (χ2n) is 4.77. The first-order chi connectivity index (χ1) is 9.20. The normalized spacial score (nSPS) is 17.6. The quantitative estimate of drug-likeness (QED) is 0.578. The molecule has 0 N–H and O–H groups in total. The summed E-state index contributed by atoms with van der Waals surface area (Å²) in [7, 11) is 0. The van der Waals surface area contributed by atoms with Gasteiger partial charge in [-0.2, -0.15) is 13.2 Å². The Morgan fingerprint density at radius 1 is 1.25 bits per heavy atom. The third-order valence-electron chi connectivity index (χ3n) is 3.40. The molecule has 0 heterocycles. The molecule has 1 saturated carbocycles. The summed E-state index contributed by atoms with van der Waals surface area (Å²) in [5, 5.41) is 0. The number of carbonyl (C=O) groups excluding carboxylic acids is 2. The molecule has 7 heteroatoms. The predicted octanol–water partition coefficient (Wildman–Crippen LogP) is 2.91. The Morgan fingerprint density at radius 2 is 1.80 bits per heavy atom. The molecule has 0 radical (unpaired) electrons. The summed E-state index contributed by atoms with van der Waals surface area (Å²) >= 11 is 0. The van der Waals surface area contributed by atoms with Gasteiger partial charge in [0, 0.05) is 0 Å². The Kier molecular flexibility index (Phi) is 5.19. The van der Waals surface area contributed by atoms with E-state index in [4.69, 9.17) is 4.74 Å². The average Bonchev–Trinajstić information content (AvgIpc) is 2.83. The Morgan fingerprint density at radius 3 is 2.25 bits per heavy atom. The van der Waals surface area contributed by atoms with Gasteiger partial charge in [-0.15, -0.1) is 0 Å². The summed E-state index contributed by atoms with van der Waals surface area (Å²) in [6.45, 7) is 3.62. The Labute approximate surface area is 114 Å². The van der Waals surface area contributed by atoms with Crippen molar-refractivity contribution in [3.63, 3.8) is 0 Å². The average molecular weight is 294 g/mol. The van der Waals surface area contributed by atoms with Crippen molar-refractivity contribution in [3.8, 4) is 0 Å². The van der Waals surface area contributed by atoms with Crippen LogP contribution in [-0.2, 0) is 19.1 Å². The van der Waals surface area contributed by atoms with Gasteiger partial charge in [-0.05, 0) is 32.1 Å². The van der Waals surface area contributed by atoms with Gasteiger partial charge in [0.05, 0.1) is 0 Å². The molecule has 114 valence electrons. The third kappa shape index (κ3) is 4.25. The van der Waals surface area contributed by atoms with E-state index in [1.54, 1.807) is 0 Å². The molecule has 0 bridgehead atoms. The number of esters is 2. The van der Waals surface area contributed by atoms with Crippen LogP contribution >= 0.6 is 0 Å². The van der Waals surface area contributed by atoms with E-state index in [1.165, 1.54) is 0 Å². The van der Waals surface area contributed by atoms with Gasteiger partial charge in [0.1, 0.15) is 11.2 Å². The zero-order valence-corrected chi connectivity index (χ0v) is 11.2. The number of alkyl halides is 3. The van der Waals surface area contributed by atoms with E-state index in [0.717, 1.165) is 25.7 Å². The lowest BCUT2D eigenvalue weighted by Crippen LogP contribution is -2.33. The molecule has 0 unspecified atom stereocenters. The van der Waals surface area contributed by atoms with Gasteiger partial charge in [0.2, 0.25) is 0 Å². The lowest BCUT2D eigenvalue weighted by Gasteiger charge is -2.27. The summed E-state index contributed by atoms with van der Waals surface area (Å²) in [5.74, 6) is -2.50. The molecule has 0 aliphatic heterocycles. The summed E-state index contributed by atoms with van der Waals surface area (Å²) in [6.07, 6.45) is -0.923. The van der Waals surface area contributed by atoms with Gasteiger partial charge in [-0.25, -0.2) is 9.59 Å². The fourth-order valence-corrected chi connectivity index (χ4v) is 2.15. The first-order valence-electron chi connectivity index (χ1n) is 6.35. The lowest BCUT2D eigenvalue weighted by atomic mass is 9.99. The highest BCUT2D eigenvalue weighted by molar-refractivity contribution is 5.90. The first-order valence-corrected chi connectivity index (χ1v) is 6.35. The van der Waals surface area contributed by atoms with Gasteiger partial charge in [-0.1, -0.05) is 13.5 Å². The number of ether oxygens (including phenoxy) is 2. The highest BCUT2D eigenvalue weighted by Crippen LogP contribution is 2.36. The van der Waals surface area contributed by atoms with E-state index in [-0.39, 0.29) is 0 Å². The van der Waals surface area contributed by atoms with Gasteiger partial charge in [0.15, 0.2) is 6.61 Å². The molecule has 4 nitrogen and oxygen atoms in total. The van der Waals surface area contributed by atoms with Crippen LogP contribution in [0.15, 0.2) is 12.2 Å². The molecular weight excluding hydrogens is 277 g/mol. The molecule has 0 spiro atoms. The summed E-state index contributed by atoms with van der Waals surface area (Å²) in [6, 6.07) is 0. The Bertz CT molecular complexity index is 395. The van der Waals surface area contributed by atoms with E-state index in [0.29, 0.717) is 6.42 Å². The zero-order chi connectivity index (χ0) is 15.4. The van der Waals surface area contributed by atoms with Crippen LogP contribution in [0.5, 0.6) is 0 Å². The number of halogens is 3. The molecule has 0 atom stereocenters. The second-order valence-corrected chi connectivity index (χ2v) is 4.77. The van der Waals surface area contributed by atoms with E-state index >= 15 is 0 Å². The molecule has 0 amide bonds. The van der Waals surface area contributed by atoms with Crippen molar-refractivity contribution in [1.29, 1.82) is 0 Å². The van der Waals surface area contributed by atoms with Crippen molar-refractivity contribution in [2.24, 2.45) is 0 Å². The minimum atomic E-state index is -4.86. The van der Waals surface area contributed by atoms with E-state index in [2.05, 4.69) is 11.3 Å². The van der Waals surface area contributed by atoms with Crippen LogP contribution in [0.3, 0.4) is 0 Å². The van der Waals surface area contributed by atoms with Gasteiger partial charge in [0.25, 0.3) is 0 Å². The smallest absolute Gasteiger partial charge is 0.422 e. The monoisotopic (exact) mass is 294 g/mol. The van der Waals surface area contributed by atoms with Crippen molar-refractivity contribution in [2.75, 3.05) is 6.61 Å². The van der Waals surface area contributed by atoms with Crippen LogP contribution in [0.25, 0.3) is 0 Å². The van der Waals surface area contributed by atoms with Crippen LogP contribution < -0.4 is 0 Å². The van der Waals surface area contributed by atoms with Gasteiger partial charge < -0.3 is 9.47 Å². The zero-order valence-electron chi connectivity index (χ0n) is 11.2. The molecule has 0 aromatic carbocycles. The maximum atomic E-state index is 12.2. The summed E-state index contributed by atoms with van der Waals surface area (Å²) < 4.78 is 45.9. The van der Waals surface area contributed by atoms with Crippen molar-refractivity contribution in [2.45, 2.75) is 50.8 Å². The first kappa shape index (κ1) is 16.5. The summed E-state index contributed by atoms with van der Waals surface area (Å²) in [4.78, 5) is 22.6. The predicted molar refractivity (Wildman–Crippen MR) is 63.7 cm³/mol. The van der Waals surface area contributed by atoms with Gasteiger partial charge >= 0.3 is 18.1 Å². The highest BCUT2D eigenvalue weighted by atomic mass is 19.4. The minimum absolute atomic E-state index is 0.565. The van der Waals surface area contributed by atoms with Crippen molar-refractivity contribution >= 4 is 11.9 Å². The Hall–Kier alpha value is -1.53. The molecule has 0 saturated heterocycles.